The molecule has 1 heterocycles. The molecule has 19 heavy (non-hydrogen) atoms. The van der Waals surface area contributed by atoms with Gasteiger partial charge >= 0.3 is 0 Å². The van der Waals surface area contributed by atoms with Crippen LogP contribution in [0.1, 0.15) is 18.4 Å². The molecular weight excluding hydrogens is 320 g/mol. The summed E-state index contributed by atoms with van der Waals surface area (Å²) in [4.78, 5) is 0. The first kappa shape index (κ1) is 14.9. The Hall–Kier alpha value is -0.480. The van der Waals surface area contributed by atoms with Crippen molar-refractivity contribution in [1.82, 2.24) is 9.78 Å². The third-order valence-corrected chi connectivity index (χ3v) is 5.90. The first-order valence-corrected chi connectivity index (χ1v) is 10.5. The molecule has 2 aromatic rings. The highest BCUT2D eigenvalue weighted by molar-refractivity contribution is 9.10. The number of halogens is 1. The quantitative estimate of drug-likeness (QED) is 0.727. The third-order valence-electron chi connectivity index (χ3n) is 3.33. The van der Waals surface area contributed by atoms with Crippen molar-refractivity contribution in [3.63, 3.8) is 0 Å². The van der Waals surface area contributed by atoms with Crippen LogP contribution in [0, 0.1) is 6.92 Å². The van der Waals surface area contributed by atoms with Crippen molar-refractivity contribution in [3.05, 3.63) is 28.4 Å². The lowest BCUT2D eigenvalue weighted by molar-refractivity contribution is 0.590. The number of hydrogen-bond donors (Lipinski definition) is 0. The molecule has 0 fully saturated rings. The van der Waals surface area contributed by atoms with E-state index >= 15 is 0 Å². The van der Waals surface area contributed by atoms with E-state index < -0.39 is 0 Å². The Balaban J connectivity index is 2.04. The van der Waals surface area contributed by atoms with Crippen molar-refractivity contribution in [2.45, 2.75) is 26.3 Å². The Labute approximate surface area is 126 Å². The maximum atomic E-state index is 4.52. The van der Waals surface area contributed by atoms with Crippen LogP contribution in [-0.2, 0) is 6.54 Å². The van der Waals surface area contributed by atoms with Gasteiger partial charge in [0.25, 0.3) is 0 Å². The summed E-state index contributed by atoms with van der Waals surface area (Å²) < 4.78 is 3.31. The average Bonchev–Trinajstić information content (AvgIpc) is 2.72. The van der Waals surface area contributed by atoms with Crippen molar-refractivity contribution < 1.29 is 0 Å². The monoisotopic (exact) mass is 342 g/mol. The molecule has 0 aliphatic heterocycles. The lowest BCUT2D eigenvalue weighted by atomic mass is 10.2. The molecule has 0 bridgehead atoms. The van der Waals surface area contributed by atoms with E-state index in [9.17, 15) is 0 Å². The zero-order chi connectivity index (χ0) is 14.0. The van der Waals surface area contributed by atoms with Crippen LogP contribution in [0.3, 0.4) is 0 Å². The van der Waals surface area contributed by atoms with E-state index in [4.69, 9.17) is 0 Å². The van der Waals surface area contributed by atoms with Crippen LogP contribution in [0.15, 0.2) is 22.8 Å². The fraction of sp³-hybridized carbons (Fsp3) is 0.533. The van der Waals surface area contributed by atoms with Crippen LogP contribution in [0.5, 0.6) is 0 Å². The van der Waals surface area contributed by atoms with Gasteiger partial charge in [-0.15, -0.1) is 0 Å². The number of aryl methyl sites for hydroxylation is 2. The van der Waals surface area contributed by atoms with Crippen LogP contribution in [0.4, 0.5) is 0 Å². The normalized spacial score (nSPS) is 13.1. The largest absolute Gasteiger partial charge is 0.265 e. The van der Waals surface area contributed by atoms with Gasteiger partial charge in [-0.2, -0.15) is 5.10 Å². The lowest BCUT2D eigenvalue weighted by Crippen LogP contribution is -2.03. The molecule has 0 saturated heterocycles. The SMILES string of the molecule is Cc1ccc2c(cnn2CCCCS(C)(C)C)c1Br. The predicted octanol–water partition coefficient (Wildman–Crippen LogP) is 4.58. The molecule has 4 heteroatoms. The maximum Gasteiger partial charge on any atom is 0.0693 e. The molecule has 0 aliphatic rings. The number of aromatic nitrogens is 2. The summed E-state index contributed by atoms with van der Waals surface area (Å²) >= 11 is 3.65. The molecule has 106 valence electrons. The molecule has 0 N–H and O–H groups in total. The van der Waals surface area contributed by atoms with Crippen LogP contribution < -0.4 is 0 Å². The molecular formula is C15H23BrN2S. The van der Waals surface area contributed by atoms with E-state index in [-0.39, 0.29) is 10.0 Å². The summed E-state index contributed by atoms with van der Waals surface area (Å²) in [5.74, 6) is 1.36. The topological polar surface area (TPSA) is 17.8 Å². The Kier molecular flexibility index (Phi) is 4.62. The summed E-state index contributed by atoms with van der Waals surface area (Å²) in [5, 5.41) is 5.75. The van der Waals surface area contributed by atoms with Gasteiger partial charge in [-0.05, 0) is 71.8 Å². The van der Waals surface area contributed by atoms with E-state index in [1.165, 1.54) is 39.5 Å². The number of nitrogens with zero attached hydrogens (tertiary/aromatic N) is 2. The fourth-order valence-corrected chi connectivity index (χ4v) is 3.71. The summed E-state index contributed by atoms with van der Waals surface area (Å²) in [6, 6.07) is 4.33. The summed E-state index contributed by atoms with van der Waals surface area (Å²) in [5.41, 5.74) is 2.50. The molecule has 2 rings (SSSR count). The van der Waals surface area contributed by atoms with E-state index in [2.05, 4.69) is 63.5 Å². The molecule has 2 nitrogen and oxygen atoms in total. The fourth-order valence-electron chi connectivity index (χ4n) is 2.20. The minimum Gasteiger partial charge on any atom is -0.265 e. The zero-order valence-electron chi connectivity index (χ0n) is 12.2. The van der Waals surface area contributed by atoms with Crippen LogP contribution in [0.25, 0.3) is 10.9 Å². The number of rotatable bonds is 5. The number of fused-ring (bicyclic) bond motifs is 1. The smallest absolute Gasteiger partial charge is 0.0693 e. The Morgan fingerprint density at radius 1 is 1.21 bits per heavy atom. The van der Waals surface area contributed by atoms with Crippen molar-refractivity contribution >= 4 is 36.9 Å². The van der Waals surface area contributed by atoms with Gasteiger partial charge < -0.3 is 0 Å². The highest BCUT2D eigenvalue weighted by atomic mass is 79.9. The second-order valence-electron chi connectivity index (χ2n) is 6.00. The Morgan fingerprint density at radius 3 is 2.63 bits per heavy atom. The second-order valence-corrected chi connectivity index (χ2v) is 11.4. The zero-order valence-corrected chi connectivity index (χ0v) is 14.6. The van der Waals surface area contributed by atoms with Gasteiger partial charge in [0.05, 0.1) is 11.7 Å². The molecule has 0 atom stereocenters. The van der Waals surface area contributed by atoms with Gasteiger partial charge in [-0.1, -0.05) is 6.07 Å². The van der Waals surface area contributed by atoms with Crippen LogP contribution in [0.2, 0.25) is 0 Å². The molecule has 0 saturated carbocycles. The first-order valence-electron chi connectivity index (χ1n) is 6.65. The molecule has 0 aliphatic carbocycles. The Morgan fingerprint density at radius 2 is 1.95 bits per heavy atom. The van der Waals surface area contributed by atoms with Gasteiger partial charge in [0.1, 0.15) is 0 Å². The number of hydrogen-bond acceptors (Lipinski definition) is 1. The predicted molar refractivity (Wildman–Crippen MR) is 91.6 cm³/mol. The molecule has 0 spiro atoms. The molecule has 0 unspecified atom stereocenters. The van der Waals surface area contributed by atoms with E-state index in [1.807, 2.05) is 6.20 Å². The molecule has 1 aromatic carbocycles. The van der Waals surface area contributed by atoms with Crippen molar-refractivity contribution in [2.75, 3.05) is 24.5 Å². The van der Waals surface area contributed by atoms with Crippen molar-refractivity contribution in [2.24, 2.45) is 0 Å². The minimum atomic E-state index is -0.357. The van der Waals surface area contributed by atoms with Crippen molar-refractivity contribution in [3.8, 4) is 0 Å². The first-order chi connectivity index (χ1) is 8.88. The molecule has 0 radical (unpaired) electrons. The van der Waals surface area contributed by atoms with Crippen LogP contribution in [-0.4, -0.2) is 34.3 Å². The second kappa shape index (κ2) is 5.88. The molecule has 1 aromatic heterocycles. The lowest BCUT2D eigenvalue weighted by Gasteiger charge is -2.24. The van der Waals surface area contributed by atoms with E-state index in [0.717, 1.165) is 6.54 Å². The van der Waals surface area contributed by atoms with Gasteiger partial charge in [-0.25, -0.2) is 10.0 Å². The average molecular weight is 343 g/mol. The van der Waals surface area contributed by atoms with Crippen LogP contribution >= 0.6 is 26.0 Å². The maximum absolute atomic E-state index is 4.52. The highest BCUT2D eigenvalue weighted by Gasteiger charge is 2.08. The highest BCUT2D eigenvalue weighted by Crippen LogP contribution is 2.35. The number of unbranched alkanes of at least 4 members (excludes halogenated alkanes) is 1. The number of benzene rings is 1. The molecule has 0 amide bonds. The third kappa shape index (κ3) is 3.76. The van der Waals surface area contributed by atoms with Gasteiger partial charge in [-0.3, -0.25) is 4.68 Å². The van der Waals surface area contributed by atoms with E-state index in [0.29, 0.717) is 0 Å². The van der Waals surface area contributed by atoms with Gasteiger partial charge in [0.2, 0.25) is 0 Å². The Bertz CT molecular complexity index is 569. The summed E-state index contributed by atoms with van der Waals surface area (Å²) in [6.07, 6.45) is 11.6. The van der Waals surface area contributed by atoms with Gasteiger partial charge in [0.15, 0.2) is 0 Å². The van der Waals surface area contributed by atoms with E-state index in [1.54, 1.807) is 0 Å². The minimum absolute atomic E-state index is 0.357. The van der Waals surface area contributed by atoms with Crippen molar-refractivity contribution in [1.29, 1.82) is 0 Å². The standard InChI is InChI=1S/C15H23BrN2S/c1-12-7-8-14-13(15(12)16)11-17-18(14)9-5-6-10-19(2,3)4/h7-8,11H,5-6,9-10H2,1-4H3. The van der Waals surface area contributed by atoms with Gasteiger partial charge in [0, 0.05) is 16.4 Å². The summed E-state index contributed by atoms with van der Waals surface area (Å²) in [7, 11) is -0.357. The summed E-state index contributed by atoms with van der Waals surface area (Å²) in [6.45, 7) is 3.14.